The van der Waals surface area contributed by atoms with E-state index in [9.17, 15) is 4.79 Å². The molecule has 1 aromatic carbocycles. The summed E-state index contributed by atoms with van der Waals surface area (Å²) in [6, 6.07) is 14.0. The molecule has 0 saturated heterocycles. The summed E-state index contributed by atoms with van der Waals surface area (Å²) < 4.78 is 1.98. The number of hydrogen-bond donors (Lipinski definition) is 2. The van der Waals surface area contributed by atoms with Gasteiger partial charge in [0.1, 0.15) is 5.69 Å². The van der Waals surface area contributed by atoms with Gasteiger partial charge in [0.05, 0.1) is 0 Å². The monoisotopic (exact) mass is 300 g/mol. The Hall–Kier alpha value is -2.07. The molecule has 2 aromatic rings. The van der Waals surface area contributed by atoms with E-state index < -0.39 is 0 Å². The molecular formula is C18H24N2O2. The smallest absolute Gasteiger partial charge is 0.268 e. The predicted molar refractivity (Wildman–Crippen MR) is 87.8 cm³/mol. The van der Waals surface area contributed by atoms with E-state index in [0.29, 0.717) is 12.1 Å². The molecule has 118 valence electrons. The number of carbonyl (C=O) groups is 1. The van der Waals surface area contributed by atoms with Gasteiger partial charge in [0, 0.05) is 25.4 Å². The Kier molecular flexibility index (Phi) is 6.22. The minimum atomic E-state index is -0.0710. The first-order valence-electron chi connectivity index (χ1n) is 7.85. The second kappa shape index (κ2) is 8.39. The Balaban J connectivity index is 1.98. The quantitative estimate of drug-likeness (QED) is 0.787. The van der Waals surface area contributed by atoms with Crippen LogP contribution < -0.4 is 5.32 Å². The molecule has 0 spiro atoms. The van der Waals surface area contributed by atoms with Gasteiger partial charge in [-0.05, 0) is 37.0 Å². The summed E-state index contributed by atoms with van der Waals surface area (Å²) in [5.74, 6) is -0.0710. The molecule has 0 aliphatic rings. The van der Waals surface area contributed by atoms with Gasteiger partial charge in [0.25, 0.3) is 5.91 Å². The van der Waals surface area contributed by atoms with Crippen LogP contribution in [0, 0.1) is 0 Å². The zero-order chi connectivity index (χ0) is 15.8. The third-order valence-corrected chi connectivity index (χ3v) is 3.85. The van der Waals surface area contributed by atoms with E-state index in [2.05, 4.69) is 17.4 Å². The minimum Gasteiger partial charge on any atom is -0.396 e. The third kappa shape index (κ3) is 4.46. The summed E-state index contributed by atoms with van der Waals surface area (Å²) in [7, 11) is 0. The van der Waals surface area contributed by atoms with Crippen molar-refractivity contribution in [2.75, 3.05) is 6.61 Å². The lowest BCUT2D eigenvalue weighted by Crippen LogP contribution is -2.36. The zero-order valence-corrected chi connectivity index (χ0v) is 13.0. The molecule has 4 nitrogen and oxygen atoms in total. The van der Waals surface area contributed by atoms with Crippen LogP contribution in [-0.2, 0) is 13.0 Å². The lowest BCUT2D eigenvalue weighted by atomic mass is 10.1. The average molecular weight is 300 g/mol. The van der Waals surface area contributed by atoms with E-state index in [1.54, 1.807) is 0 Å². The van der Waals surface area contributed by atoms with Gasteiger partial charge < -0.3 is 15.0 Å². The largest absolute Gasteiger partial charge is 0.396 e. The molecule has 1 atom stereocenters. The van der Waals surface area contributed by atoms with Gasteiger partial charge in [-0.3, -0.25) is 4.79 Å². The van der Waals surface area contributed by atoms with Gasteiger partial charge in [-0.15, -0.1) is 0 Å². The Labute approximate surface area is 131 Å². The minimum absolute atomic E-state index is 0.0231. The number of nitrogens with one attached hydrogen (secondary N) is 1. The first kappa shape index (κ1) is 16.3. The average Bonchev–Trinajstić information content (AvgIpc) is 3.02. The van der Waals surface area contributed by atoms with E-state index in [-0.39, 0.29) is 18.6 Å². The number of aryl methyl sites for hydroxylation is 2. The third-order valence-electron chi connectivity index (χ3n) is 3.85. The maximum atomic E-state index is 12.4. The highest BCUT2D eigenvalue weighted by Crippen LogP contribution is 2.08. The maximum Gasteiger partial charge on any atom is 0.268 e. The van der Waals surface area contributed by atoms with E-state index in [0.717, 1.165) is 19.4 Å². The van der Waals surface area contributed by atoms with E-state index in [4.69, 9.17) is 5.11 Å². The lowest BCUT2D eigenvalue weighted by Gasteiger charge is -2.16. The van der Waals surface area contributed by atoms with Crippen molar-refractivity contribution in [2.24, 2.45) is 0 Å². The van der Waals surface area contributed by atoms with Crippen molar-refractivity contribution in [3.05, 3.63) is 59.9 Å². The standard InChI is InChI=1S/C18H24N2O2/c1-2-16(11-14-21)19-18(22)17-9-6-12-20(17)13-10-15-7-4-3-5-8-15/h3-9,12,16,21H,2,10-11,13-14H2,1H3,(H,19,22). The molecule has 1 unspecified atom stereocenters. The SMILES string of the molecule is CCC(CCO)NC(=O)c1cccn1CCc1ccccc1. The summed E-state index contributed by atoms with van der Waals surface area (Å²) >= 11 is 0. The zero-order valence-electron chi connectivity index (χ0n) is 13.0. The highest BCUT2D eigenvalue weighted by atomic mass is 16.3. The molecule has 0 aliphatic heterocycles. The van der Waals surface area contributed by atoms with Crippen LogP contribution in [0.3, 0.4) is 0 Å². The highest BCUT2D eigenvalue weighted by Gasteiger charge is 2.14. The maximum absolute atomic E-state index is 12.4. The van der Waals surface area contributed by atoms with Crippen molar-refractivity contribution in [1.29, 1.82) is 0 Å². The van der Waals surface area contributed by atoms with E-state index in [1.165, 1.54) is 5.56 Å². The van der Waals surface area contributed by atoms with E-state index >= 15 is 0 Å². The Morgan fingerprint density at radius 3 is 2.68 bits per heavy atom. The molecule has 1 aromatic heterocycles. The summed E-state index contributed by atoms with van der Waals surface area (Å²) in [6.07, 6.45) is 4.23. The first-order chi connectivity index (χ1) is 10.7. The molecule has 0 saturated carbocycles. The fourth-order valence-electron chi connectivity index (χ4n) is 2.50. The molecule has 1 heterocycles. The number of aliphatic hydroxyl groups excluding tert-OH is 1. The van der Waals surface area contributed by atoms with Crippen molar-refractivity contribution >= 4 is 5.91 Å². The molecule has 0 fully saturated rings. The fourth-order valence-corrected chi connectivity index (χ4v) is 2.50. The van der Waals surface area contributed by atoms with E-state index in [1.807, 2.05) is 48.0 Å². The molecule has 22 heavy (non-hydrogen) atoms. The van der Waals surface area contributed by atoms with Gasteiger partial charge in [-0.1, -0.05) is 37.3 Å². The highest BCUT2D eigenvalue weighted by molar-refractivity contribution is 5.92. The molecule has 2 rings (SSSR count). The number of aromatic nitrogens is 1. The summed E-state index contributed by atoms with van der Waals surface area (Å²) in [5, 5.41) is 12.0. The molecule has 2 N–H and O–H groups in total. The predicted octanol–water partition coefficient (Wildman–Crippen LogP) is 2.62. The number of hydrogen-bond acceptors (Lipinski definition) is 2. The molecule has 0 radical (unpaired) electrons. The second-order valence-corrected chi connectivity index (χ2v) is 5.41. The topological polar surface area (TPSA) is 54.3 Å². The summed E-state index contributed by atoms with van der Waals surface area (Å²) in [5.41, 5.74) is 1.93. The Morgan fingerprint density at radius 2 is 2.00 bits per heavy atom. The van der Waals surface area contributed by atoms with Crippen molar-refractivity contribution in [3.8, 4) is 0 Å². The normalized spacial score (nSPS) is 12.1. The number of carbonyl (C=O) groups excluding carboxylic acids is 1. The number of amides is 1. The van der Waals surface area contributed by atoms with Gasteiger partial charge >= 0.3 is 0 Å². The van der Waals surface area contributed by atoms with Crippen LogP contribution >= 0.6 is 0 Å². The van der Waals surface area contributed by atoms with Gasteiger partial charge in [0.2, 0.25) is 0 Å². The van der Waals surface area contributed by atoms with Gasteiger partial charge in [-0.25, -0.2) is 0 Å². The van der Waals surface area contributed by atoms with Gasteiger partial charge in [0.15, 0.2) is 0 Å². The number of nitrogens with zero attached hydrogens (tertiary/aromatic N) is 1. The summed E-state index contributed by atoms with van der Waals surface area (Å²) in [4.78, 5) is 12.4. The number of benzene rings is 1. The summed E-state index contributed by atoms with van der Waals surface area (Å²) in [6.45, 7) is 2.87. The van der Waals surface area contributed by atoms with Gasteiger partial charge in [-0.2, -0.15) is 0 Å². The Morgan fingerprint density at radius 1 is 1.23 bits per heavy atom. The van der Waals surface area contributed by atoms with Crippen LogP contribution in [0.15, 0.2) is 48.7 Å². The van der Waals surface area contributed by atoms with Crippen LogP contribution in [0.5, 0.6) is 0 Å². The number of aliphatic hydroxyl groups is 1. The second-order valence-electron chi connectivity index (χ2n) is 5.41. The molecule has 0 bridgehead atoms. The van der Waals surface area contributed by atoms with Crippen molar-refractivity contribution in [2.45, 2.75) is 38.8 Å². The molecular weight excluding hydrogens is 276 g/mol. The van der Waals surface area contributed by atoms with Crippen LogP contribution in [0.4, 0.5) is 0 Å². The fraction of sp³-hybridized carbons (Fsp3) is 0.389. The van der Waals surface area contributed by atoms with Crippen LogP contribution in [0.25, 0.3) is 0 Å². The van der Waals surface area contributed by atoms with Crippen LogP contribution in [-0.4, -0.2) is 28.2 Å². The van der Waals surface area contributed by atoms with Crippen molar-refractivity contribution < 1.29 is 9.90 Å². The number of rotatable bonds is 8. The van der Waals surface area contributed by atoms with Crippen molar-refractivity contribution in [1.82, 2.24) is 9.88 Å². The molecule has 1 amide bonds. The molecule has 0 aliphatic carbocycles. The van der Waals surface area contributed by atoms with Crippen LogP contribution in [0.1, 0.15) is 35.8 Å². The first-order valence-corrected chi connectivity index (χ1v) is 7.85. The molecule has 4 heteroatoms. The lowest BCUT2D eigenvalue weighted by molar-refractivity contribution is 0.0919. The van der Waals surface area contributed by atoms with Crippen LogP contribution in [0.2, 0.25) is 0 Å². The van der Waals surface area contributed by atoms with Crippen molar-refractivity contribution in [3.63, 3.8) is 0 Å². The Bertz CT molecular complexity index is 578.